The summed E-state index contributed by atoms with van der Waals surface area (Å²) in [6, 6.07) is 4.99. The normalized spacial score (nSPS) is 11.8. The molecular weight excluding hydrogens is 260 g/mol. The van der Waals surface area contributed by atoms with Crippen LogP contribution in [0.3, 0.4) is 0 Å². The van der Waals surface area contributed by atoms with Crippen LogP contribution >= 0.6 is 11.3 Å². The van der Waals surface area contributed by atoms with Crippen molar-refractivity contribution in [2.75, 3.05) is 0 Å². The van der Waals surface area contributed by atoms with E-state index in [0.29, 0.717) is 6.54 Å². The maximum Gasteiger partial charge on any atom is 0.250 e. The van der Waals surface area contributed by atoms with Crippen LogP contribution in [0.2, 0.25) is 0 Å². The van der Waals surface area contributed by atoms with Crippen molar-refractivity contribution < 1.29 is 12.8 Å². The van der Waals surface area contributed by atoms with Gasteiger partial charge in [0.1, 0.15) is 4.21 Å². The lowest BCUT2D eigenvalue weighted by molar-refractivity contribution is 0.561. The zero-order valence-electron chi connectivity index (χ0n) is 8.92. The third kappa shape index (κ3) is 2.95. The van der Waals surface area contributed by atoms with Crippen LogP contribution in [-0.4, -0.2) is 8.42 Å². The molecule has 2 rings (SSSR count). The molecule has 5 nitrogen and oxygen atoms in total. The van der Waals surface area contributed by atoms with E-state index in [2.05, 4.69) is 4.72 Å². The fourth-order valence-electron chi connectivity index (χ4n) is 1.26. The highest BCUT2D eigenvalue weighted by atomic mass is 32.2. The molecule has 0 aromatic carbocycles. The number of hydrogen-bond acceptors (Lipinski definition) is 5. The van der Waals surface area contributed by atoms with Crippen LogP contribution in [0.15, 0.2) is 39.4 Å². The van der Waals surface area contributed by atoms with Crippen molar-refractivity contribution in [1.82, 2.24) is 4.72 Å². The van der Waals surface area contributed by atoms with Gasteiger partial charge in [-0.25, -0.2) is 13.1 Å². The van der Waals surface area contributed by atoms with Gasteiger partial charge in [0.15, 0.2) is 0 Å². The predicted octanol–water partition coefficient (Wildman–Crippen LogP) is 1.28. The second-order valence-corrected chi connectivity index (χ2v) is 6.54. The highest BCUT2D eigenvalue weighted by Gasteiger charge is 2.16. The lowest BCUT2D eigenvalue weighted by Gasteiger charge is -2.02. The number of nitrogens with one attached hydrogen (secondary N) is 1. The van der Waals surface area contributed by atoms with Crippen molar-refractivity contribution in [3.05, 3.63) is 41.2 Å². The van der Waals surface area contributed by atoms with Crippen LogP contribution in [0, 0.1) is 0 Å². The molecule has 92 valence electrons. The van der Waals surface area contributed by atoms with Crippen molar-refractivity contribution in [3.63, 3.8) is 0 Å². The summed E-state index contributed by atoms with van der Waals surface area (Å²) in [5.74, 6) is 0. The van der Waals surface area contributed by atoms with Gasteiger partial charge >= 0.3 is 0 Å². The lowest BCUT2D eigenvalue weighted by atomic mass is 10.4. The van der Waals surface area contributed by atoms with Crippen molar-refractivity contribution in [2.24, 2.45) is 5.73 Å². The summed E-state index contributed by atoms with van der Waals surface area (Å²) in [7, 11) is -3.45. The molecule has 0 fully saturated rings. The fraction of sp³-hybridized carbons (Fsp3) is 0.200. The first-order valence-electron chi connectivity index (χ1n) is 4.91. The van der Waals surface area contributed by atoms with E-state index in [1.807, 2.05) is 0 Å². The molecule has 0 aliphatic rings. The molecule has 0 aliphatic carbocycles. The summed E-state index contributed by atoms with van der Waals surface area (Å²) >= 11 is 1.18. The molecule has 2 aromatic heterocycles. The van der Waals surface area contributed by atoms with E-state index in [9.17, 15) is 8.42 Å². The Morgan fingerprint density at radius 2 is 2.18 bits per heavy atom. The minimum atomic E-state index is -3.45. The summed E-state index contributed by atoms with van der Waals surface area (Å²) in [5.41, 5.74) is 6.22. The first-order valence-corrected chi connectivity index (χ1v) is 7.21. The number of hydrogen-bond donors (Lipinski definition) is 2. The third-order valence-electron chi connectivity index (χ3n) is 2.15. The maximum absolute atomic E-state index is 11.9. The van der Waals surface area contributed by atoms with Crippen LogP contribution in [0.4, 0.5) is 0 Å². The van der Waals surface area contributed by atoms with Crippen molar-refractivity contribution in [3.8, 4) is 0 Å². The van der Waals surface area contributed by atoms with E-state index in [-0.39, 0.29) is 10.8 Å². The Balaban J connectivity index is 2.08. The molecule has 0 aliphatic heterocycles. The SMILES string of the molecule is NCc1ccc(S(=O)(=O)NCc2ccoc2)s1. The Hall–Kier alpha value is -1.15. The second-order valence-electron chi connectivity index (χ2n) is 3.38. The molecule has 2 heterocycles. The Morgan fingerprint density at radius 3 is 2.76 bits per heavy atom. The van der Waals surface area contributed by atoms with Crippen molar-refractivity contribution in [2.45, 2.75) is 17.3 Å². The average molecular weight is 272 g/mol. The van der Waals surface area contributed by atoms with E-state index >= 15 is 0 Å². The topological polar surface area (TPSA) is 85.3 Å². The van der Waals surface area contributed by atoms with Gasteiger partial charge in [-0.3, -0.25) is 0 Å². The third-order valence-corrected chi connectivity index (χ3v) is 5.15. The van der Waals surface area contributed by atoms with Gasteiger partial charge in [-0.2, -0.15) is 0 Å². The van der Waals surface area contributed by atoms with Gasteiger partial charge in [0.2, 0.25) is 10.0 Å². The number of furan rings is 1. The predicted molar refractivity (Wildman–Crippen MR) is 64.9 cm³/mol. The molecule has 0 atom stereocenters. The molecule has 0 unspecified atom stereocenters. The van der Waals surface area contributed by atoms with Crippen molar-refractivity contribution in [1.29, 1.82) is 0 Å². The molecular formula is C10H12N2O3S2. The number of sulfonamides is 1. The Morgan fingerprint density at radius 1 is 1.35 bits per heavy atom. The monoisotopic (exact) mass is 272 g/mol. The molecule has 2 aromatic rings. The molecule has 0 saturated carbocycles. The standard InChI is InChI=1S/C10H12N2O3S2/c11-5-9-1-2-10(16-9)17(13,14)12-6-8-3-4-15-7-8/h1-4,7,12H,5-6,11H2. The number of rotatable bonds is 5. The zero-order valence-corrected chi connectivity index (χ0v) is 10.6. The molecule has 0 saturated heterocycles. The lowest BCUT2D eigenvalue weighted by Crippen LogP contribution is -2.22. The summed E-state index contributed by atoms with van der Waals surface area (Å²) < 4.78 is 31.4. The minimum absolute atomic E-state index is 0.217. The molecule has 0 amide bonds. The van der Waals surface area contributed by atoms with Gasteiger partial charge in [0.05, 0.1) is 12.5 Å². The molecule has 0 spiro atoms. The van der Waals surface area contributed by atoms with E-state index in [0.717, 1.165) is 10.4 Å². The first kappa shape index (κ1) is 12.3. The molecule has 7 heteroatoms. The van der Waals surface area contributed by atoms with Crippen LogP contribution < -0.4 is 10.5 Å². The zero-order chi connectivity index (χ0) is 12.3. The van der Waals surface area contributed by atoms with Gasteiger partial charge in [0.25, 0.3) is 0 Å². The van der Waals surface area contributed by atoms with Gasteiger partial charge in [-0.05, 0) is 18.2 Å². The van der Waals surface area contributed by atoms with E-state index in [4.69, 9.17) is 10.2 Å². The molecule has 17 heavy (non-hydrogen) atoms. The van der Waals surface area contributed by atoms with E-state index in [1.54, 1.807) is 18.2 Å². The van der Waals surface area contributed by atoms with E-state index in [1.165, 1.54) is 23.9 Å². The average Bonchev–Trinajstić information content (AvgIpc) is 2.98. The fourth-order valence-corrected chi connectivity index (χ4v) is 3.55. The highest BCUT2D eigenvalue weighted by molar-refractivity contribution is 7.91. The summed E-state index contributed by atoms with van der Waals surface area (Å²) in [4.78, 5) is 0.841. The minimum Gasteiger partial charge on any atom is -0.472 e. The van der Waals surface area contributed by atoms with Gasteiger partial charge in [-0.15, -0.1) is 11.3 Å². The molecule has 3 N–H and O–H groups in total. The number of thiophene rings is 1. The highest BCUT2D eigenvalue weighted by Crippen LogP contribution is 2.21. The summed E-state index contributed by atoms with van der Waals surface area (Å²) in [6.07, 6.45) is 3.00. The Bertz CT molecular complexity index is 572. The van der Waals surface area contributed by atoms with E-state index < -0.39 is 10.0 Å². The summed E-state index contributed by atoms with van der Waals surface area (Å²) in [6.45, 7) is 0.566. The first-order chi connectivity index (χ1) is 8.12. The van der Waals surface area contributed by atoms with Crippen LogP contribution in [-0.2, 0) is 23.1 Å². The molecule has 0 bridgehead atoms. The van der Waals surface area contributed by atoms with Gasteiger partial charge in [0, 0.05) is 23.5 Å². The second kappa shape index (κ2) is 5.01. The largest absolute Gasteiger partial charge is 0.472 e. The van der Waals surface area contributed by atoms with Crippen LogP contribution in [0.5, 0.6) is 0 Å². The van der Waals surface area contributed by atoms with Gasteiger partial charge in [-0.1, -0.05) is 0 Å². The maximum atomic E-state index is 11.9. The Labute approximate surface area is 103 Å². The quantitative estimate of drug-likeness (QED) is 0.858. The van der Waals surface area contributed by atoms with Crippen molar-refractivity contribution >= 4 is 21.4 Å². The Kier molecular flexibility index (Phi) is 3.63. The van der Waals surface area contributed by atoms with Crippen LogP contribution in [0.25, 0.3) is 0 Å². The van der Waals surface area contributed by atoms with Gasteiger partial charge < -0.3 is 10.2 Å². The smallest absolute Gasteiger partial charge is 0.250 e. The molecule has 0 radical (unpaired) electrons. The number of nitrogens with two attached hydrogens (primary N) is 1. The van der Waals surface area contributed by atoms with Crippen LogP contribution in [0.1, 0.15) is 10.4 Å². The summed E-state index contributed by atoms with van der Waals surface area (Å²) in [5, 5.41) is 0.